The van der Waals surface area contributed by atoms with Gasteiger partial charge in [0.25, 0.3) is 5.91 Å². The molecule has 0 saturated carbocycles. The summed E-state index contributed by atoms with van der Waals surface area (Å²) in [4.78, 5) is 26.2. The molecule has 1 atom stereocenters. The minimum Gasteiger partial charge on any atom is -0.333 e. The number of tetrazole rings is 1. The fraction of sp³-hybridized carbons (Fsp3) is 0.0769. The molecule has 0 fully saturated rings. The molecule has 0 aliphatic rings. The molecule has 0 aliphatic carbocycles. The third kappa shape index (κ3) is 5.64. The lowest BCUT2D eigenvalue weighted by Gasteiger charge is -2.17. The van der Waals surface area contributed by atoms with Gasteiger partial charge in [0.1, 0.15) is 12.4 Å². The fourth-order valence-electron chi connectivity index (χ4n) is 3.76. The van der Waals surface area contributed by atoms with Crippen molar-refractivity contribution in [3.8, 4) is 17.5 Å². The molecule has 188 valence electrons. The van der Waals surface area contributed by atoms with Crippen LogP contribution in [-0.4, -0.2) is 48.3 Å². The zero-order valence-corrected chi connectivity index (χ0v) is 21.0. The number of fused-ring (bicyclic) bond motifs is 1. The Morgan fingerprint density at radius 2 is 1.89 bits per heavy atom. The van der Waals surface area contributed by atoms with Gasteiger partial charge in [-0.3, -0.25) is 14.7 Å². The zero-order chi connectivity index (χ0) is 26.5. The maximum absolute atomic E-state index is 13.3. The van der Waals surface area contributed by atoms with E-state index in [-0.39, 0.29) is 6.42 Å². The molecule has 3 N–H and O–H groups in total. The third-order valence-corrected chi connectivity index (χ3v) is 6.11. The number of rotatable bonds is 6. The average molecular weight is 545 g/mol. The quantitative estimate of drug-likeness (QED) is 0.280. The van der Waals surface area contributed by atoms with Crippen LogP contribution in [0.1, 0.15) is 11.1 Å². The van der Waals surface area contributed by atoms with Crippen molar-refractivity contribution in [1.29, 1.82) is 0 Å². The molecule has 3 aromatic carbocycles. The molecule has 5 aromatic rings. The second kappa shape index (κ2) is 11.1. The Labute approximate surface area is 226 Å². The molecule has 5 rings (SSSR count). The van der Waals surface area contributed by atoms with E-state index in [1.54, 1.807) is 36.4 Å². The van der Waals surface area contributed by atoms with E-state index in [1.807, 2.05) is 30.3 Å². The number of amides is 2. The topological polar surface area (TPSA) is 130 Å². The summed E-state index contributed by atoms with van der Waals surface area (Å²) in [5.41, 5.74) is 2.43. The SMILES string of the molecule is O=C(C#Cc1cc(Cl)ccc1-n1cnnn1)N[C@@H](Cc1ccccc1)C(=O)Nc1n[nH]c2c(Cl)cccc12. The standard InChI is InChI=1S/C26H18Cl2N8O2/c27-18-10-11-22(36-15-29-34-35-36)17(14-18)9-12-23(37)30-21(13-16-5-2-1-3-6-16)26(38)31-25-19-7-4-8-20(28)24(19)32-33-25/h1-8,10-11,14-15,21H,13H2,(H,30,37)(H2,31,32,33,38)/t21-/m0/s1. The maximum atomic E-state index is 13.3. The predicted molar refractivity (Wildman–Crippen MR) is 143 cm³/mol. The van der Waals surface area contributed by atoms with Gasteiger partial charge in [-0.15, -0.1) is 5.10 Å². The van der Waals surface area contributed by atoms with E-state index >= 15 is 0 Å². The molecule has 0 spiro atoms. The van der Waals surface area contributed by atoms with E-state index in [9.17, 15) is 9.59 Å². The first-order chi connectivity index (χ1) is 18.5. The number of aromatic nitrogens is 6. The highest BCUT2D eigenvalue weighted by molar-refractivity contribution is 6.35. The Morgan fingerprint density at radius 1 is 1.05 bits per heavy atom. The number of halogens is 2. The van der Waals surface area contributed by atoms with Crippen LogP contribution in [-0.2, 0) is 16.0 Å². The highest BCUT2D eigenvalue weighted by Gasteiger charge is 2.23. The molecule has 0 bridgehead atoms. The molecular formula is C26H18Cl2N8O2. The second-order valence-corrected chi connectivity index (χ2v) is 8.95. The number of benzene rings is 3. The smallest absolute Gasteiger partial charge is 0.296 e. The van der Waals surface area contributed by atoms with Gasteiger partial charge in [0.05, 0.1) is 21.8 Å². The molecule has 12 heteroatoms. The minimum absolute atomic E-state index is 0.232. The monoisotopic (exact) mass is 544 g/mol. The van der Waals surface area contributed by atoms with Gasteiger partial charge >= 0.3 is 0 Å². The molecule has 0 unspecified atom stereocenters. The van der Waals surface area contributed by atoms with Gasteiger partial charge in [0.2, 0.25) is 5.91 Å². The first-order valence-corrected chi connectivity index (χ1v) is 12.1. The number of nitrogens with one attached hydrogen (secondary N) is 3. The van der Waals surface area contributed by atoms with Gasteiger partial charge in [-0.2, -0.15) is 9.78 Å². The van der Waals surface area contributed by atoms with Crippen LogP contribution in [0.3, 0.4) is 0 Å². The Balaban J connectivity index is 1.39. The van der Waals surface area contributed by atoms with Gasteiger partial charge in [0.15, 0.2) is 5.82 Å². The zero-order valence-electron chi connectivity index (χ0n) is 19.5. The summed E-state index contributed by atoms with van der Waals surface area (Å²) in [6, 6.07) is 18.6. The molecule has 38 heavy (non-hydrogen) atoms. The van der Waals surface area contributed by atoms with Crippen LogP contribution in [0.25, 0.3) is 16.6 Å². The number of carbonyl (C=O) groups excluding carboxylic acids is 2. The number of H-pyrrole nitrogens is 1. The molecule has 0 radical (unpaired) electrons. The highest BCUT2D eigenvalue weighted by atomic mass is 35.5. The molecular weight excluding hydrogens is 527 g/mol. The number of hydrogen-bond donors (Lipinski definition) is 3. The largest absolute Gasteiger partial charge is 0.333 e. The van der Waals surface area contributed by atoms with Gasteiger partial charge in [-0.25, -0.2) is 0 Å². The van der Waals surface area contributed by atoms with Crippen molar-refractivity contribution >= 4 is 51.7 Å². The summed E-state index contributed by atoms with van der Waals surface area (Å²) < 4.78 is 1.41. The summed E-state index contributed by atoms with van der Waals surface area (Å²) in [6.07, 6.45) is 1.64. The van der Waals surface area contributed by atoms with Crippen LogP contribution >= 0.6 is 23.2 Å². The number of hydrogen-bond acceptors (Lipinski definition) is 6. The van der Waals surface area contributed by atoms with Crippen LogP contribution in [0.4, 0.5) is 5.82 Å². The van der Waals surface area contributed by atoms with Crippen molar-refractivity contribution in [3.05, 3.63) is 94.2 Å². The van der Waals surface area contributed by atoms with Gasteiger partial charge in [-0.1, -0.05) is 65.5 Å². The van der Waals surface area contributed by atoms with Crippen LogP contribution < -0.4 is 10.6 Å². The predicted octanol–water partition coefficient (Wildman–Crippen LogP) is 3.56. The number of aromatic amines is 1. The van der Waals surface area contributed by atoms with E-state index < -0.39 is 17.9 Å². The Bertz CT molecular complexity index is 1670. The summed E-state index contributed by atoms with van der Waals surface area (Å²) in [5, 5.41) is 25.1. The van der Waals surface area contributed by atoms with Crippen molar-refractivity contribution in [2.24, 2.45) is 0 Å². The van der Waals surface area contributed by atoms with Crippen molar-refractivity contribution < 1.29 is 9.59 Å². The van der Waals surface area contributed by atoms with Gasteiger partial charge in [0, 0.05) is 22.8 Å². The Kier molecular flexibility index (Phi) is 7.31. The molecule has 0 aliphatic heterocycles. The number of para-hydroxylation sites is 1. The molecule has 10 nitrogen and oxygen atoms in total. The van der Waals surface area contributed by atoms with Crippen LogP contribution in [0.2, 0.25) is 10.0 Å². The van der Waals surface area contributed by atoms with Crippen molar-refractivity contribution in [1.82, 2.24) is 35.7 Å². The minimum atomic E-state index is -0.941. The van der Waals surface area contributed by atoms with Gasteiger partial charge in [-0.05, 0) is 46.3 Å². The lowest BCUT2D eigenvalue weighted by atomic mass is 10.1. The molecule has 2 heterocycles. The van der Waals surface area contributed by atoms with Crippen molar-refractivity contribution in [2.75, 3.05) is 5.32 Å². The summed E-state index contributed by atoms with van der Waals surface area (Å²) in [7, 11) is 0. The molecule has 0 saturated heterocycles. The van der Waals surface area contributed by atoms with Crippen molar-refractivity contribution in [2.45, 2.75) is 12.5 Å². The van der Waals surface area contributed by atoms with Gasteiger partial charge < -0.3 is 10.6 Å². The van der Waals surface area contributed by atoms with Crippen LogP contribution in [0.15, 0.2) is 73.1 Å². The second-order valence-electron chi connectivity index (χ2n) is 8.11. The Hall–Kier alpha value is -4.72. The van der Waals surface area contributed by atoms with E-state index in [2.05, 4.69) is 48.2 Å². The summed E-state index contributed by atoms with van der Waals surface area (Å²) >= 11 is 12.3. The lowest BCUT2D eigenvalue weighted by Crippen LogP contribution is -2.45. The van der Waals surface area contributed by atoms with Crippen molar-refractivity contribution in [3.63, 3.8) is 0 Å². The molecule has 2 amide bonds. The van der Waals surface area contributed by atoms with E-state index in [1.165, 1.54) is 11.0 Å². The van der Waals surface area contributed by atoms with Crippen LogP contribution in [0, 0.1) is 11.8 Å². The maximum Gasteiger partial charge on any atom is 0.296 e. The number of nitrogens with zero attached hydrogens (tertiary/aromatic N) is 5. The lowest BCUT2D eigenvalue weighted by molar-refractivity contribution is -0.123. The summed E-state index contributed by atoms with van der Waals surface area (Å²) in [6.45, 7) is 0. The highest BCUT2D eigenvalue weighted by Crippen LogP contribution is 2.26. The van der Waals surface area contributed by atoms with E-state index in [4.69, 9.17) is 23.2 Å². The summed E-state index contributed by atoms with van der Waals surface area (Å²) in [5.74, 6) is 4.52. The number of anilines is 1. The first-order valence-electron chi connectivity index (χ1n) is 11.3. The first kappa shape index (κ1) is 25.0. The average Bonchev–Trinajstić information content (AvgIpc) is 3.59. The third-order valence-electron chi connectivity index (χ3n) is 5.56. The number of carbonyl (C=O) groups is 2. The van der Waals surface area contributed by atoms with E-state index in [0.717, 1.165) is 5.56 Å². The van der Waals surface area contributed by atoms with E-state index in [0.29, 0.717) is 38.0 Å². The van der Waals surface area contributed by atoms with Crippen LogP contribution in [0.5, 0.6) is 0 Å². The molecule has 2 aromatic heterocycles. The Morgan fingerprint density at radius 3 is 2.68 bits per heavy atom. The fourth-order valence-corrected chi connectivity index (χ4v) is 4.15. The normalized spacial score (nSPS) is 11.4.